The molecule has 1 unspecified atom stereocenters. The molecule has 0 radical (unpaired) electrons. The first-order chi connectivity index (χ1) is 15.8. The zero-order valence-corrected chi connectivity index (χ0v) is 18.2. The molecule has 1 aliphatic carbocycles. The lowest BCUT2D eigenvalue weighted by Crippen LogP contribution is -2.41. The fraction of sp³-hybridized carbons (Fsp3) is 0.429. The van der Waals surface area contributed by atoms with Crippen LogP contribution in [0.3, 0.4) is 0 Å². The fourth-order valence-electron chi connectivity index (χ4n) is 4.33. The quantitative estimate of drug-likeness (QED) is 0.236. The zero-order chi connectivity index (χ0) is 23.7. The molecular weight excluding hydrogens is 452 g/mol. The number of nitrogens with one attached hydrogen (secondary N) is 1. The van der Waals surface area contributed by atoms with Crippen LogP contribution in [0.2, 0.25) is 5.28 Å². The number of amides is 1. The Morgan fingerprint density at radius 1 is 1.24 bits per heavy atom. The summed E-state index contributed by atoms with van der Waals surface area (Å²) in [6.45, 7) is -0.168. The topological polar surface area (TPSA) is 180 Å². The number of fused-ring (bicyclic) bond motifs is 1. The highest BCUT2D eigenvalue weighted by Crippen LogP contribution is 2.39. The molecule has 1 saturated carbocycles. The van der Waals surface area contributed by atoms with Gasteiger partial charge in [0.25, 0.3) is 0 Å². The maximum Gasteiger partial charge on any atom is 0.246 e. The lowest BCUT2D eigenvalue weighted by Gasteiger charge is -2.19. The number of benzene rings is 1. The summed E-state index contributed by atoms with van der Waals surface area (Å²) in [5, 5.41) is 43.9. The van der Waals surface area contributed by atoms with Crippen molar-refractivity contribution in [3.05, 3.63) is 47.5 Å². The van der Waals surface area contributed by atoms with Crippen molar-refractivity contribution in [3.8, 4) is 0 Å². The van der Waals surface area contributed by atoms with Gasteiger partial charge in [-0.3, -0.25) is 4.79 Å². The Kier molecular flexibility index (Phi) is 6.77. The molecule has 2 aromatic heterocycles. The predicted molar refractivity (Wildman–Crippen MR) is 119 cm³/mol. The lowest BCUT2D eigenvalue weighted by molar-refractivity contribution is -0.131. The van der Waals surface area contributed by atoms with Crippen LogP contribution in [0, 0.1) is 5.92 Å². The Bertz CT molecular complexity index is 1130. The molecular formula is C21H25ClN6O5. The highest BCUT2D eigenvalue weighted by atomic mass is 35.5. The molecule has 1 amide bonds. The van der Waals surface area contributed by atoms with E-state index in [1.165, 1.54) is 10.9 Å². The van der Waals surface area contributed by atoms with Crippen molar-refractivity contribution >= 4 is 34.5 Å². The largest absolute Gasteiger partial charge is 0.394 e. The summed E-state index contributed by atoms with van der Waals surface area (Å²) in [6.07, 6.45) is -2.25. The van der Waals surface area contributed by atoms with Gasteiger partial charge in [0.2, 0.25) is 11.2 Å². The van der Waals surface area contributed by atoms with Gasteiger partial charge in [-0.15, -0.1) is 0 Å². The van der Waals surface area contributed by atoms with Crippen LogP contribution < -0.4 is 11.1 Å². The average Bonchev–Trinajstić information content (AvgIpc) is 3.34. The first kappa shape index (κ1) is 23.3. The molecule has 6 atom stereocenters. The van der Waals surface area contributed by atoms with E-state index in [4.69, 9.17) is 17.3 Å². The highest BCUT2D eigenvalue weighted by Gasteiger charge is 2.47. The van der Waals surface area contributed by atoms with Crippen molar-refractivity contribution in [2.75, 3.05) is 11.9 Å². The minimum absolute atomic E-state index is 0.0650. The third-order valence-corrected chi connectivity index (χ3v) is 6.20. The van der Waals surface area contributed by atoms with Crippen LogP contribution in [0.15, 0.2) is 36.7 Å². The summed E-state index contributed by atoms with van der Waals surface area (Å²) in [5.41, 5.74) is 6.83. The summed E-state index contributed by atoms with van der Waals surface area (Å²) in [7, 11) is 0. The second kappa shape index (κ2) is 9.57. The van der Waals surface area contributed by atoms with E-state index in [2.05, 4.69) is 20.3 Å². The zero-order valence-electron chi connectivity index (χ0n) is 17.5. The number of primary amides is 1. The van der Waals surface area contributed by atoms with Crippen LogP contribution in [0.5, 0.6) is 0 Å². The Hall–Kier alpha value is -2.83. The summed E-state index contributed by atoms with van der Waals surface area (Å²) < 4.78 is 1.53. The maximum atomic E-state index is 11.4. The highest BCUT2D eigenvalue weighted by molar-refractivity contribution is 6.28. The second-order valence-electron chi connectivity index (χ2n) is 8.17. The minimum Gasteiger partial charge on any atom is -0.394 e. The van der Waals surface area contributed by atoms with Crippen LogP contribution >= 0.6 is 11.6 Å². The number of carbonyl (C=O) groups excluding carboxylic acids is 1. The normalized spacial score (nSPS) is 24.6. The number of anilines is 1. The Labute approximate surface area is 193 Å². The van der Waals surface area contributed by atoms with Crippen LogP contribution in [-0.4, -0.2) is 76.8 Å². The van der Waals surface area contributed by atoms with Gasteiger partial charge < -0.3 is 36.0 Å². The Morgan fingerprint density at radius 2 is 1.97 bits per heavy atom. The Morgan fingerprint density at radius 3 is 2.64 bits per heavy atom. The van der Waals surface area contributed by atoms with Gasteiger partial charge >= 0.3 is 0 Å². The minimum atomic E-state index is -1.60. The number of hydrogen-bond acceptors (Lipinski definition) is 9. The standard InChI is InChI=1S/C21H25ClN6O5/c22-21-26-19(25-11(8-29)6-10-4-2-1-3-5-10)14-20(27-21)28(9-24-14)13-7-12(15(30)17(13)32)16(31)18(23)33/h1-5,9,11-13,15-17,29-32H,6-8H2,(H2,23,33)(H,25,26,27)/t11-,12-,13+,15+,16?,17-/m0/s1. The molecule has 2 heterocycles. The van der Waals surface area contributed by atoms with Gasteiger partial charge in [-0.2, -0.15) is 9.97 Å². The van der Waals surface area contributed by atoms with Gasteiger partial charge in [0, 0.05) is 5.92 Å². The van der Waals surface area contributed by atoms with Crippen molar-refractivity contribution < 1.29 is 25.2 Å². The van der Waals surface area contributed by atoms with E-state index in [1.54, 1.807) is 0 Å². The van der Waals surface area contributed by atoms with Crippen LogP contribution in [-0.2, 0) is 11.2 Å². The maximum absolute atomic E-state index is 11.4. The van der Waals surface area contributed by atoms with Gasteiger partial charge in [0.05, 0.1) is 31.1 Å². The molecule has 12 heteroatoms. The van der Waals surface area contributed by atoms with Crippen LogP contribution in [0.1, 0.15) is 18.0 Å². The first-order valence-corrected chi connectivity index (χ1v) is 10.8. The van der Waals surface area contributed by atoms with E-state index in [0.29, 0.717) is 23.4 Å². The molecule has 3 aromatic rings. The summed E-state index contributed by atoms with van der Waals surface area (Å²) in [6, 6.07) is 8.52. The van der Waals surface area contributed by atoms with Crippen LogP contribution in [0.4, 0.5) is 5.82 Å². The number of imidazole rings is 1. The van der Waals surface area contributed by atoms with E-state index in [-0.39, 0.29) is 24.4 Å². The molecule has 11 nitrogen and oxygen atoms in total. The van der Waals surface area contributed by atoms with Gasteiger partial charge in [0.15, 0.2) is 17.0 Å². The van der Waals surface area contributed by atoms with E-state index in [9.17, 15) is 25.2 Å². The number of aromatic nitrogens is 4. The Balaban J connectivity index is 1.63. The monoisotopic (exact) mass is 476 g/mol. The SMILES string of the molecule is NC(=O)C(O)[C@H]1C[C@@H](n2cnc3c(N[C@H](CO)Cc4ccccc4)nc(Cl)nc32)[C@H](O)[C@@H]1O. The van der Waals surface area contributed by atoms with Gasteiger partial charge in [0.1, 0.15) is 12.2 Å². The third-order valence-electron chi connectivity index (χ3n) is 6.03. The second-order valence-corrected chi connectivity index (χ2v) is 8.51. The smallest absolute Gasteiger partial charge is 0.246 e. The molecule has 7 N–H and O–H groups in total. The average molecular weight is 477 g/mol. The number of nitrogens with zero attached hydrogens (tertiary/aromatic N) is 4. The first-order valence-electron chi connectivity index (χ1n) is 10.4. The van der Waals surface area contributed by atoms with E-state index >= 15 is 0 Å². The third kappa shape index (κ3) is 4.63. The number of carbonyl (C=O) groups is 1. The molecule has 176 valence electrons. The lowest BCUT2D eigenvalue weighted by atomic mass is 9.98. The van der Waals surface area contributed by atoms with Crippen molar-refractivity contribution in [3.63, 3.8) is 0 Å². The molecule has 0 saturated heterocycles. The predicted octanol–water partition coefficient (Wildman–Crippen LogP) is -0.376. The molecule has 0 aliphatic heterocycles. The van der Waals surface area contributed by atoms with E-state index in [1.807, 2.05) is 30.3 Å². The number of aliphatic hydroxyl groups is 4. The summed E-state index contributed by atoms with van der Waals surface area (Å²) in [5.74, 6) is -1.62. The van der Waals surface area contributed by atoms with Crippen molar-refractivity contribution in [2.24, 2.45) is 11.7 Å². The van der Waals surface area contributed by atoms with Crippen LogP contribution in [0.25, 0.3) is 11.2 Å². The number of nitrogens with two attached hydrogens (primary N) is 1. The number of rotatable bonds is 8. The molecule has 1 fully saturated rings. The summed E-state index contributed by atoms with van der Waals surface area (Å²) in [4.78, 5) is 24.2. The molecule has 0 spiro atoms. The number of aliphatic hydroxyl groups excluding tert-OH is 4. The number of halogens is 1. The molecule has 33 heavy (non-hydrogen) atoms. The van der Waals surface area contributed by atoms with Crippen molar-refractivity contribution in [1.82, 2.24) is 19.5 Å². The fourth-order valence-corrected chi connectivity index (χ4v) is 4.49. The van der Waals surface area contributed by atoms with Crippen molar-refractivity contribution in [2.45, 2.75) is 43.2 Å². The molecule has 0 bridgehead atoms. The van der Waals surface area contributed by atoms with E-state index in [0.717, 1.165) is 5.56 Å². The molecule has 1 aliphatic rings. The van der Waals surface area contributed by atoms with Gasteiger partial charge in [-0.25, -0.2) is 4.98 Å². The van der Waals surface area contributed by atoms with Gasteiger partial charge in [-0.05, 0) is 30.0 Å². The van der Waals surface area contributed by atoms with Crippen molar-refractivity contribution in [1.29, 1.82) is 0 Å². The molecule has 1 aromatic carbocycles. The number of hydrogen-bond donors (Lipinski definition) is 6. The molecule has 4 rings (SSSR count). The summed E-state index contributed by atoms with van der Waals surface area (Å²) >= 11 is 6.15. The van der Waals surface area contributed by atoms with E-state index < -0.39 is 36.2 Å². The van der Waals surface area contributed by atoms with Gasteiger partial charge in [-0.1, -0.05) is 30.3 Å².